The number of H-pyrrole nitrogens is 1. The van der Waals surface area contributed by atoms with Gasteiger partial charge in [0.15, 0.2) is 6.61 Å². The van der Waals surface area contributed by atoms with Crippen molar-refractivity contribution in [2.24, 2.45) is 5.10 Å². The van der Waals surface area contributed by atoms with Crippen molar-refractivity contribution in [1.82, 2.24) is 10.4 Å². The molecule has 116 valence electrons. The Morgan fingerprint density at radius 3 is 3.00 bits per heavy atom. The van der Waals surface area contributed by atoms with Gasteiger partial charge in [-0.2, -0.15) is 5.10 Å². The van der Waals surface area contributed by atoms with E-state index in [-0.39, 0.29) is 12.5 Å². The number of carbonyl (C=O) groups excluding carboxylic acids is 1. The molecule has 0 saturated heterocycles. The molecule has 5 nitrogen and oxygen atoms in total. The monoisotopic (exact) mass is 307 g/mol. The van der Waals surface area contributed by atoms with Gasteiger partial charge in [-0.25, -0.2) is 5.43 Å². The Morgan fingerprint density at radius 1 is 1.26 bits per heavy atom. The Kier molecular flexibility index (Phi) is 4.38. The molecule has 1 aromatic heterocycles. The highest BCUT2D eigenvalue weighted by atomic mass is 16.5. The third kappa shape index (κ3) is 3.77. The Labute approximate surface area is 134 Å². The summed E-state index contributed by atoms with van der Waals surface area (Å²) in [5, 5.41) is 5.05. The smallest absolute Gasteiger partial charge is 0.277 e. The van der Waals surface area contributed by atoms with Crippen molar-refractivity contribution in [2.75, 3.05) is 6.61 Å². The summed E-state index contributed by atoms with van der Waals surface area (Å²) in [6.07, 6.45) is 3.49. The van der Waals surface area contributed by atoms with Crippen LogP contribution in [0.4, 0.5) is 0 Å². The normalized spacial score (nSPS) is 11.0. The van der Waals surface area contributed by atoms with Crippen LogP contribution in [0.3, 0.4) is 0 Å². The number of nitrogens with zero attached hydrogens (tertiary/aromatic N) is 1. The van der Waals surface area contributed by atoms with E-state index in [0.29, 0.717) is 5.75 Å². The van der Waals surface area contributed by atoms with Gasteiger partial charge in [-0.15, -0.1) is 0 Å². The molecule has 0 aliphatic carbocycles. The number of carbonyl (C=O) groups is 1. The minimum atomic E-state index is -0.299. The first-order valence-corrected chi connectivity index (χ1v) is 7.30. The number of benzene rings is 2. The fraction of sp³-hybridized carbons (Fsp3) is 0.111. The average Bonchev–Trinajstić information content (AvgIpc) is 3.02. The fourth-order valence-corrected chi connectivity index (χ4v) is 2.22. The number of amides is 1. The summed E-state index contributed by atoms with van der Waals surface area (Å²) in [5.41, 5.74) is 5.43. The van der Waals surface area contributed by atoms with Crippen LogP contribution >= 0.6 is 0 Å². The number of aryl methyl sites for hydroxylation is 1. The molecule has 0 spiro atoms. The molecule has 23 heavy (non-hydrogen) atoms. The van der Waals surface area contributed by atoms with Gasteiger partial charge in [0, 0.05) is 11.7 Å². The number of ether oxygens (including phenoxy) is 1. The second-order valence-corrected chi connectivity index (χ2v) is 5.17. The van der Waals surface area contributed by atoms with Crippen LogP contribution in [-0.2, 0) is 4.79 Å². The van der Waals surface area contributed by atoms with Crippen LogP contribution < -0.4 is 10.2 Å². The number of hydrazone groups is 1. The predicted octanol–water partition coefficient (Wildman–Crippen LogP) is 3.01. The molecule has 0 aliphatic heterocycles. The van der Waals surface area contributed by atoms with Gasteiger partial charge >= 0.3 is 0 Å². The van der Waals surface area contributed by atoms with E-state index in [1.165, 1.54) is 0 Å². The SMILES string of the molecule is Cc1ccccc1OCC(=O)NN=Cc1ccc2[nH]ccc2c1. The average molecular weight is 307 g/mol. The van der Waals surface area contributed by atoms with Gasteiger partial charge in [0.1, 0.15) is 5.75 Å². The van der Waals surface area contributed by atoms with Gasteiger partial charge in [0.25, 0.3) is 5.91 Å². The van der Waals surface area contributed by atoms with Crippen molar-refractivity contribution in [2.45, 2.75) is 6.92 Å². The van der Waals surface area contributed by atoms with E-state index in [1.807, 2.05) is 61.7 Å². The Balaban J connectivity index is 1.53. The summed E-state index contributed by atoms with van der Waals surface area (Å²) < 4.78 is 5.46. The quantitative estimate of drug-likeness (QED) is 0.562. The summed E-state index contributed by atoms with van der Waals surface area (Å²) in [4.78, 5) is 14.9. The van der Waals surface area contributed by atoms with Crippen molar-refractivity contribution < 1.29 is 9.53 Å². The highest BCUT2D eigenvalue weighted by Gasteiger charge is 2.03. The first-order valence-electron chi connectivity index (χ1n) is 7.30. The molecule has 0 fully saturated rings. The summed E-state index contributed by atoms with van der Waals surface area (Å²) in [6.45, 7) is 1.86. The number of fused-ring (bicyclic) bond motifs is 1. The minimum Gasteiger partial charge on any atom is -0.483 e. The molecule has 1 amide bonds. The lowest BCUT2D eigenvalue weighted by atomic mass is 10.2. The molecule has 0 radical (unpaired) electrons. The zero-order valence-corrected chi connectivity index (χ0v) is 12.7. The maximum absolute atomic E-state index is 11.7. The first kappa shape index (κ1) is 14.8. The molecular weight excluding hydrogens is 290 g/mol. The van der Waals surface area contributed by atoms with Crippen LogP contribution in [0.15, 0.2) is 59.8 Å². The number of hydrogen-bond donors (Lipinski definition) is 2. The van der Waals surface area contributed by atoms with Crippen molar-refractivity contribution in [3.8, 4) is 5.75 Å². The van der Waals surface area contributed by atoms with Gasteiger partial charge in [-0.05, 0) is 47.7 Å². The van der Waals surface area contributed by atoms with Gasteiger partial charge in [-0.3, -0.25) is 4.79 Å². The van der Waals surface area contributed by atoms with Crippen LogP contribution in [0.25, 0.3) is 10.9 Å². The molecular formula is C18H17N3O2. The zero-order chi connectivity index (χ0) is 16.1. The van der Waals surface area contributed by atoms with Gasteiger partial charge in [0.2, 0.25) is 0 Å². The van der Waals surface area contributed by atoms with E-state index < -0.39 is 0 Å². The number of rotatable bonds is 5. The summed E-state index contributed by atoms with van der Waals surface area (Å²) in [6, 6.07) is 15.4. The largest absolute Gasteiger partial charge is 0.483 e. The molecule has 3 rings (SSSR count). The van der Waals surface area contributed by atoms with Crippen molar-refractivity contribution >= 4 is 23.0 Å². The maximum atomic E-state index is 11.7. The van der Waals surface area contributed by atoms with E-state index >= 15 is 0 Å². The highest BCUT2D eigenvalue weighted by Crippen LogP contribution is 2.15. The van der Waals surface area contributed by atoms with Crippen molar-refractivity contribution in [3.63, 3.8) is 0 Å². The summed E-state index contributed by atoms with van der Waals surface area (Å²) >= 11 is 0. The molecule has 0 atom stereocenters. The van der Waals surface area contributed by atoms with E-state index in [0.717, 1.165) is 22.0 Å². The molecule has 3 aromatic rings. The number of hydrogen-bond acceptors (Lipinski definition) is 3. The molecule has 2 aromatic carbocycles. The number of aromatic nitrogens is 1. The summed E-state index contributed by atoms with van der Waals surface area (Å²) in [5.74, 6) is 0.400. The zero-order valence-electron chi connectivity index (χ0n) is 12.7. The fourth-order valence-electron chi connectivity index (χ4n) is 2.22. The third-order valence-corrected chi connectivity index (χ3v) is 3.43. The molecule has 2 N–H and O–H groups in total. The van der Waals surface area contributed by atoms with Gasteiger partial charge < -0.3 is 9.72 Å². The maximum Gasteiger partial charge on any atom is 0.277 e. The predicted molar refractivity (Wildman–Crippen MR) is 90.7 cm³/mol. The van der Waals surface area contributed by atoms with Crippen LogP contribution in [-0.4, -0.2) is 23.7 Å². The molecule has 1 heterocycles. The Hall–Kier alpha value is -3.08. The van der Waals surface area contributed by atoms with Crippen molar-refractivity contribution in [1.29, 1.82) is 0 Å². The lowest BCUT2D eigenvalue weighted by molar-refractivity contribution is -0.123. The number of aromatic amines is 1. The minimum absolute atomic E-state index is 0.0704. The van der Waals surface area contributed by atoms with Crippen LogP contribution in [0.5, 0.6) is 5.75 Å². The lowest BCUT2D eigenvalue weighted by Gasteiger charge is -2.07. The molecule has 0 aliphatic rings. The second kappa shape index (κ2) is 6.79. The van der Waals surface area contributed by atoms with Crippen LogP contribution in [0.2, 0.25) is 0 Å². The Bertz CT molecular complexity index is 852. The lowest BCUT2D eigenvalue weighted by Crippen LogP contribution is -2.24. The van der Waals surface area contributed by atoms with E-state index in [4.69, 9.17) is 4.74 Å². The van der Waals surface area contributed by atoms with Gasteiger partial charge in [0.05, 0.1) is 6.21 Å². The molecule has 5 heteroatoms. The summed E-state index contributed by atoms with van der Waals surface area (Å²) in [7, 11) is 0. The highest BCUT2D eigenvalue weighted by molar-refractivity contribution is 5.89. The van der Waals surface area contributed by atoms with Crippen molar-refractivity contribution in [3.05, 3.63) is 65.9 Å². The van der Waals surface area contributed by atoms with E-state index in [9.17, 15) is 4.79 Å². The molecule has 0 unspecified atom stereocenters. The third-order valence-electron chi connectivity index (χ3n) is 3.43. The standard InChI is InChI=1S/C18H17N3O2/c1-13-4-2-3-5-17(13)23-12-18(22)21-20-11-14-6-7-16-15(10-14)8-9-19-16/h2-11,19H,12H2,1H3,(H,21,22). The van der Waals surface area contributed by atoms with E-state index in [2.05, 4.69) is 15.5 Å². The second-order valence-electron chi connectivity index (χ2n) is 5.17. The topological polar surface area (TPSA) is 66.5 Å². The molecule has 0 bridgehead atoms. The molecule has 0 saturated carbocycles. The van der Waals surface area contributed by atoms with Crippen LogP contribution in [0.1, 0.15) is 11.1 Å². The van der Waals surface area contributed by atoms with Gasteiger partial charge in [-0.1, -0.05) is 24.3 Å². The number of para-hydroxylation sites is 1. The van der Waals surface area contributed by atoms with E-state index in [1.54, 1.807) is 6.21 Å². The first-order chi connectivity index (χ1) is 11.2. The number of nitrogens with one attached hydrogen (secondary N) is 2. The van der Waals surface area contributed by atoms with Crippen LogP contribution in [0, 0.1) is 6.92 Å². The Morgan fingerprint density at radius 2 is 2.13 bits per heavy atom.